The predicted molar refractivity (Wildman–Crippen MR) is 88.1 cm³/mol. The molecule has 1 amide bonds. The Labute approximate surface area is 135 Å². The lowest BCUT2D eigenvalue weighted by Gasteiger charge is -2.22. The van der Waals surface area contributed by atoms with Crippen LogP contribution in [0.3, 0.4) is 0 Å². The first-order chi connectivity index (χ1) is 10.8. The average Bonchev–Trinajstić information content (AvgIpc) is 3.06. The van der Waals surface area contributed by atoms with Crippen LogP contribution in [0.25, 0.3) is 0 Å². The fourth-order valence-electron chi connectivity index (χ4n) is 3.01. The highest BCUT2D eigenvalue weighted by Crippen LogP contribution is 2.33. The smallest absolute Gasteiger partial charge is 0.275 e. The summed E-state index contributed by atoms with van der Waals surface area (Å²) in [5, 5.41) is 0. The molecule has 1 N–H and O–H groups in total. The largest absolute Gasteiger partial charge is 0.345 e. The fraction of sp³-hybridized carbons (Fsp3) is 0.312. The Hall–Kier alpha value is -2.12. The molecule has 2 heterocycles. The number of fused-ring (bicyclic) bond motifs is 1. The number of benzene rings is 1. The van der Waals surface area contributed by atoms with Crippen LogP contribution in [-0.4, -0.2) is 32.0 Å². The molecule has 7 heteroatoms. The molecule has 0 saturated carbocycles. The van der Waals surface area contributed by atoms with E-state index in [9.17, 15) is 13.2 Å². The van der Waals surface area contributed by atoms with E-state index in [2.05, 4.69) is 4.72 Å². The molecule has 0 bridgehead atoms. The van der Waals surface area contributed by atoms with Crippen molar-refractivity contribution >= 4 is 21.6 Å². The highest BCUT2D eigenvalue weighted by molar-refractivity contribution is 7.89. The summed E-state index contributed by atoms with van der Waals surface area (Å²) in [4.78, 5) is 14.8. The van der Waals surface area contributed by atoms with Gasteiger partial charge in [-0.05, 0) is 38.1 Å². The lowest BCUT2D eigenvalue weighted by Crippen LogP contribution is -2.36. The summed E-state index contributed by atoms with van der Waals surface area (Å²) in [6, 6.07) is 9.26. The number of anilines is 1. The van der Waals surface area contributed by atoms with E-state index in [4.69, 9.17) is 0 Å². The quantitative estimate of drug-likeness (QED) is 0.926. The first-order valence-electron chi connectivity index (χ1n) is 7.36. The molecule has 3 rings (SSSR count). The molecule has 0 radical (unpaired) electrons. The van der Waals surface area contributed by atoms with Crippen molar-refractivity contribution in [2.24, 2.45) is 7.05 Å². The molecule has 1 aromatic carbocycles. The summed E-state index contributed by atoms with van der Waals surface area (Å²) in [6.45, 7) is 1.99. The van der Waals surface area contributed by atoms with Crippen LogP contribution in [0.4, 0.5) is 5.69 Å². The van der Waals surface area contributed by atoms with Crippen molar-refractivity contribution in [3.05, 3.63) is 47.8 Å². The van der Waals surface area contributed by atoms with E-state index < -0.39 is 10.0 Å². The molecule has 1 aliphatic rings. The summed E-state index contributed by atoms with van der Waals surface area (Å²) in [5.41, 5.74) is 2.37. The van der Waals surface area contributed by atoms with Crippen molar-refractivity contribution in [1.82, 2.24) is 9.29 Å². The zero-order valence-electron chi connectivity index (χ0n) is 13.3. The number of hydrogen-bond donors (Lipinski definition) is 1. The lowest BCUT2D eigenvalue weighted by atomic mass is 10.1. The number of hydrogen-bond acceptors (Lipinski definition) is 3. The third-order valence-corrected chi connectivity index (χ3v) is 5.59. The van der Waals surface area contributed by atoms with Crippen LogP contribution in [0.5, 0.6) is 0 Å². The summed E-state index contributed by atoms with van der Waals surface area (Å²) < 4.78 is 27.7. The van der Waals surface area contributed by atoms with Crippen molar-refractivity contribution in [2.75, 3.05) is 11.9 Å². The molecular formula is C16H19N3O3S. The maximum atomic E-state index is 13.0. The van der Waals surface area contributed by atoms with Gasteiger partial charge in [0.2, 0.25) is 10.0 Å². The van der Waals surface area contributed by atoms with Gasteiger partial charge in [0, 0.05) is 25.0 Å². The van der Waals surface area contributed by atoms with Gasteiger partial charge in [-0.15, -0.1) is 0 Å². The molecule has 23 heavy (non-hydrogen) atoms. The number of aromatic nitrogens is 1. The number of amides is 1. The van der Waals surface area contributed by atoms with Gasteiger partial charge in [-0.25, -0.2) is 13.1 Å². The summed E-state index contributed by atoms with van der Waals surface area (Å²) >= 11 is 0. The summed E-state index contributed by atoms with van der Waals surface area (Å²) in [7, 11) is -0.548. The van der Waals surface area contributed by atoms with Gasteiger partial charge in [0.25, 0.3) is 5.91 Å². The van der Waals surface area contributed by atoms with Crippen LogP contribution in [0, 0.1) is 0 Å². The fourth-order valence-corrected chi connectivity index (χ4v) is 3.81. The van der Waals surface area contributed by atoms with Crippen LogP contribution in [0.1, 0.15) is 23.0 Å². The zero-order chi connectivity index (χ0) is 16.8. The van der Waals surface area contributed by atoms with Crippen LogP contribution in [0.15, 0.2) is 41.4 Å². The van der Waals surface area contributed by atoms with E-state index in [-0.39, 0.29) is 16.8 Å². The van der Waals surface area contributed by atoms with E-state index >= 15 is 0 Å². The Morgan fingerprint density at radius 3 is 2.70 bits per heavy atom. The van der Waals surface area contributed by atoms with Crippen LogP contribution < -0.4 is 9.62 Å². The van der Waals surface area contributed by atoms with Gasteiger partial charge in [-0.1, -0.05) is 18.2 Å². The molecule has 0 unspecified atom stereocenters. The Morgan fingerprint density at radius 2 is 2.00 bits per heavy atom. The summed E-state index contributed by atoms with van der Waals surface area (Å²) in [6.07, 6.45) is 2.25. The topological polar surface area (TPSA) is 71.4 Å². The van der Waals surface area contributed by atoms with Crippen LogP contribution in [0.2, 0.25) is 0 Å². The molecule has 0 fully saturated rings. The summed E-state index contributed by atoms with van der Waals surface area (Å²) in [5.74, 6) is -0.192. The Balaban J connectivity index is 2.02. The Morgan fingerprint density at radius 1 is 1.30 bits per heavy atom. The molecule has 1 aromatic heterocycles. The highest BCUT2D eigenvalue weighted by atomic mass is 32.2. The second kappa shape index (κ2) is 5.50. The molecule has 0 saturated heterocycles. The number of para-hydroxylation sites is 1. The number of rotatable bonds is 3. The molecule has 1 aliphatic heterocycles. The first kappa shape index (κ1) is 15.8. The number of aryl methyl sites for hydroxylation is 1. The molecule has 122 valence electrons. The maximum Gasteiger partial charge on any atom is 0.275 e. The van der Waals surface area contributed by atoms with Gasteiger partial charge in [-0.2, -0.15) is 0 Å². The van der Waals surface area contributed by atoms with E-state index in [1.807, 2.05) is 31.2 Å². The number of nitrogens with one attached hydrogen (secondary N) is 1. The normalized spacial score (nSPS) is 17.3. The number of carbonyl (C=O) groups excluding carboxylic acids is 1. The van der Waals surface area contributed by atoms with Gasteiger partial charge < -0.3 is 9.47 Å². The molecule has 1 atom stereocenters. The van der Waals surface area contributed by atoms with Crippen molar-refractivity contribution in [2.45, 2.75) is 24.3 Å². The van der Waals surface area contributed by atoms with Crippen molar-refractivity contribution in [3.63, 3.8) is 0 Å². The minimum atomic E-state index is -3.57. The third-order valence-electron chi connectivity index (χ3n) is 4.20. The Bertz CT molecular complexity index is 870. The van der Waals surface area contributed by atoms with E-state index in [0.29, 0.717) is 5.69 Å². The van der Waals surface area contributed by atoms with Crippen molar-refractivity contribution in [1.29, 1.82) is 0 Å². The van der Waals surface area contributed by atoms with Crippen LogP contribution >= 0.6 is 0 Å². The monoisotopic (exact) mass is 333 g/mol. The van der Waals surface area contributed by atoms with Gasteiger partial charge in [0.1, 0.15) is 10.6 Å². The van der Waals surface area contributed by atoms with Crippen molar-refractivity contribution < 1.29 is 13.2 Å². The van der Waals surface area contributed by atoms with Gasteiger partial charge >= 0.3 is 0 Å². The maximum absolute atomic E-state index is 13.0. The van der Waals surface area contributed by atoms with E-state index in [1.165, 1.54) is 19.3 Å². The predicted octanol–water partition coefficient (Wildman–Crippen LogP) is 1.52. The van der Waals surface area contributed by atoms with Crippen molar-refractivity contribution in [3.8, 4) is 0 Å². The van der Waals surface area contributed by atoms with Gasteiger partial charge in [-0.3, -0.25) is 4.79 Å². The third kappa shape index (κ3) is 2.55. The highest BCUT2D eigenvalue weighted by Gasteiger charge is 2.33. The Kier molecular flexibility index (Phi) is 3.77. The average molecular weight is 333 g/mol. The second-order valence-electron chi connectivity index (χ2n) is 5.74. The number of sulfonamides is 1. The van der Waals surface area contributed by atoms with Gasteiger partial charge in [0.05, 0.1) is 0 Å². The van der Waals surface area contributed by atoms with E-state index in [0.717, 1.165) is 17.7 Å². The molecule has 2 aromatic rings. The minimum Gasteiger partial charge on any atom is -0.345 e. The lowest BCUT2D eigenvalue weighted by molar-refractivity contribution is 0.0973. The minimum absolute atomic E-state index is 0.0409. The number of carbonyl (C=O) groups is 1. The molecule has 0 aliphatic carbocycles. The molecular weight excluding hydrogens is 314 g/mol. The standard InChI is InChI=1S/C16H19N3O3S/c1-11-8-12-6-4-5-7-14(12)19(11)16(20)15-9-13(10-18(15)3)23(21,22)17-2/h4-7,9-11,17H,8H2,1-3H3/t11-/m0/s1. The molecule has 6 nitrogen and oxygen atoms in total. The SMILES string of the molecule is CNS(=O)(=O)c1cc(C(=O)N2c3ccccc3C[C@@H]2C)n(C)c1. The first-order valence-corrected chi connectivity index (χ1v) is 8.85. The molecule has 0 spiro atoms. The zero-order valence-corrected chi connectivity index (χ0v) is 14.1. The number of nitrogens with zero attached hydrogens (tertiary/aromatic N) is 2. The van der Waals surface area contributed by atoms with Gasteiger partial charge in [0.15, 0.2) is 0 Å². The van der Waals surface area contributed by atoms with E-state index in [1.54, 1.807) is 16.5 Å². The van der Waals surface area contributed by atoms with Crippen LogP contribution in [-0.2, 0) is 23.5 Å². The second-order valence-corrected chi connectivity index (χ2v) is 7.62.